The van der Waals surface area contributed by atoms with Gasteiger partial charge in [-0.1, -0.05) is 45.9 Å². The van der Waals surface area contributed by atoms with Crippen LogP contribution < -0.4 is 5.73 Å². The van der Waals surface area contributed by atoms with Crippen molar-refractivity contribution < 1.29 is 0 Å². The van der Waals surface area contributed by atoms with E-state index >= 15 is 0 Å². The minimum atomic E-state index is 0.541. The van der Waals surface area contributed by atoms with E-state index in [1.54, 1.807) is 0 Å². The molecule has 2 heteroatoms. The molecule has 1 saturated heterocycles. The van der Waals surface area contributed by atoms with Crippen LogP contribution in [0.5, 0.6) is 0 Å². The van der Waals surface area contributed by atoms with Crippen LogP contribution in [0.25, 0.3) is 0 Å². The number of benzene rings is 1. The van der Waals surface area contributed by atoms with E-state index in [0.29, 0.717) is 23.8 Å². The summed E-state index contributed by atoms with van der Waals surface area (Å²) in [6, 6.07) is 7.64. The van der Waals surface area contributed by atoms with Gasteiger partial charge in [0.2, 0.25) is 0 Å². The van der Waals surface area contributed by atoms with Gasteiger partial charge in [-0.2, -0.15) is 0 Å². The van der Waals surface area contributed by atoms with E-state index in [0.717, 1.165) is 13.1 Å². The molecule has 20 heavy (non-hydrogen) atoms. The quantitative estimate of drug-likeness (QED) is 0.902. The topological polar surface area (TPSA) is 29.3 Å². The van der Waals surface area contributed by atoms with Crippen LogP contribution in [0.3, 0.4) is 0 Å². The van der Waals surface area contributed by atoms with E-state index in [-0.39, 0.29) is 0 Å². The van der Waals surface area contributed by atoms with Crippen LogP contribution in [0.4, 0.5) is 0 Å². The van der Waals surface area contributed by atoms with Crippen molar-refractivity contribution in [3.05, 3.63) is 34.9 Å². The molecule has 0 aliphatic carbocycles. The van der Waals surface area contributed by atoms with Gasteiger partial charge in [0, 0.05) is 12.6 Å². The highest BCUT2D eigenvalue weighted by atomic mass is 15.2. The number of nitrogens with zero attached hydrogens (tertiary/aromatic N) is 1. The average Bonchev–Trinajstić information content (AvgIpc) is 2.79. The first kappa shape index (κ1) is 15.5. The van der Waals surface area contributed by atoms with E-state index in [1.165, 1.54) is 23.1 Å². The molecule has 0 aromatic heterocycles. The largest absolute Gasteiger partial charge is 0.330 e. The summed E-state index contributed by atoms with van der Waals surface area (Å²) < 4.78 is 0. The normalized spacial score (nSPS) is 24.0. The molecule has 1 aliphatic heterocycles. The maximum atomic E-state index is 5.89. The Morgan fingerprint density at radius 2 is 1.90 bits per heavy atom. The molecule has 1 aliphatic rings. The molecule has 0 amide bonds. The van der Waals surface area contributed by atoms with Gasteiger partial charge in [0.15, 0.2) is 0 Å². The fourth-order valence-corrected chi connectivity index (χ4v) is 3.41. The van der Waals surface area contributed by atoms with Gasteiger partial charge >= 0.3 is 0 Å². The van der Waals surface area contributed by atoms with Crippen LogP contribution in [0.15, 0.2) is 18.2 Å². The summed E-state index contributed by atoms with van der Waals surface area (Å²) in [4.78, 5) is 2.49. The Balaban J connectivity index is 2.39. The van der Waals surface area contributed by atoms with E-state index in [1.807, 2.05) is 0 Å². The number of rotatable bonds is 4. The highest BCUT2D eigenvalue weighted by Gasteiger charge is 2.31. The van der Waals surface area contributed by atoms with Crippen LogP contribution in [0.1, 0.15) is 68.7 Å². The van der Waals surface area contributed by atoms with E-state index in [9.17, 15) is 0 Å². The summed E-state index contributed by atoms with van der Waals surface area (Å²) >= 11 is 0. The van der Waals surface area contributed by atoms with Crippen LogP contribution in [0, 0.1) is 5.92 Å². The van der Waals surface area contributed by atoms with Crippen molar-refractivity contribution in [1.82, 2.24) is 4.90 Å². The number of hydrogen-bond donors (Lipinski definition) is 1. The predicted molar refractivity (Wildman–Crippen MR) is 87.2 cm³/mol. The molecule has 112 valence electrons. The Morgan fingerprint density at radius 1 is 1.20 bits per heavy atom. The Bertz CT molecular complexity index is 451. The Labute approximate surface area is 124 Å². The van der Waals surface area contributed by atoms with Gasteiger partial charge in [-0.3, -0.25) is 4.90 Å². The molecule has 1 fully saturated rings. The van der Waals surface area contributed by atoms with Crippen molar-refractivity contribution in [2.24, 2.45) is 11.7 Å². The molecular formula is C18H30N2. The van der Waals surface area contributed by atoms with Crippen LogP contribution in [0.2, 0.25) is 0 Å². The first-order valence-corrected chi connectivity index (χ1v) is 7.98. The van der Waals surface area contributed by atoms with E-state index in [2.05, 4.69) is 57.8 Å². The zero-order chi connectivity index (χ0) is 14.9. The standard InChI is InChI=1S/C18H30N2/c1-12(2)15-6-7-16(13(3)4)17(9-15)18-8-14(10-19)11-20(18)5/h6-7,9,12-14,18H,8,10-11,19H2,1-5H3. The maximum Gasteiger partial charge on any atom is 0.0351 e. The summed E-state index contributed by atoms with van der Waals surface area (Å²) in [7, 11) is 2.24. The third-order valence-electron chi connectivity index (χ3n) is 4.73. The van der Waals surface area contributed by atoms with Gasteiger partial charge < -0.3 is 5.73 Å². The zero-order valence-electron chi connectivity index (χ0n) is 13.7. The first-order chi connectivity index (χ1) is 9.43. The second-order valence-electron chi connectivity index (χ2n) is 6.99. The third-order valence-corrected chi connectivity index (χ3v) is 4.73. The lowest BCUT2D eigenvalue weighted by molar-refractivity contribution is 0.311. The van der Waals surface area contributed by atoms with Crippen molar-refractivity contribution in [2.45, 2.75) is 52.0 Å². The van der Waals surface area contributed by atoms with Gasteiger partial charge in [-0.05, 0) is 54.5 Å². The SMILES string of the molecule is CC(C)c1ccc(C(C)C)c(C2CC(CN)CN2C)c1. The Hall–Kier alpha value is -0.860. The van der Waals surface area contributed by atoms with Crippen molar-refractivity contribution in [3.63, 3.8) is 0 Å². The third kappa shape index (κ3) is 3.07. The number of likely N-dealkylation sites (tertiary alicyclic amines) is 1. The molecule has 2 atom stereocenters. The van der Waals surface area contributed by atoms with E-state index in [4.69, 9.17) is 5.73 Å². The molecule has 2 N–H and O–H groups in total. The summed E-state index contributed by atoms with van der Waals surface area (Å²) in [5.74, 6) is 1.82. The monoisotopic (exact) mass is 274 g/mol. The molecule has 0 saturated carbocycles. The summed E-state index contributed by atoms with van der Waals surface area (Å²) in [6.07, 6.45) is 1.20. The summed E-state index contributed by atoms with van der Waals surface area (Å²) in [6.45, 7) is 11.1. The fraction of sp³-hybridized carbons (Fsp3) is 0.667. The maximum absolute atomic E-state index is 5.89. The number of hydrogen-bond acceptors (Lipinski definition) is 2. The second-order valence-corrected chi connectivity index (χ2v) is 6.99. The molecule has 2 rings (SSSR count). The molecular weight excluding hydrogens is 244 g/mol. The van der Waals surface area contributed by atoms with Crippen LogP contribution >= 0.6 is 0 Å². The van der Waals surface area contributed by atoms with Gasteiger partial charge in [-0.15, -0.1) is 0 Å². The summed E-state index contributed by atoms with van der Waals surface area (Å²) in [5, 5.41) is 0. The van der Waals surface area contributed by atoms with Crippen molar-refractivity contribution in [3.8, 4) is 0 Å². The highest BCUT2D eigenvalue weighted by molar-refractivity contribution is 5.38. The Kier molecular flexibility index (Phi) is 4.87. The summed E-state index contributed by atoms with van der Waals surface area (Å²) in [5.41, 5.74) is 10.4. The molecule has 0 spiro atoms. The van der Waals surface area contributed by atoms with Crippen LogP contribution in [-0.4, -0.2) is 25.0 Å². The minimum absolute atomic E-state index is 0.541. The smallest absolute Gasteiger partial charge is 0.0351 e. The van der Waals surface area contributed by atoms with Gasteiger partial charge in [0.05, 0.1) is 0 Å². The predicted octanol–water partition coefficient (Wildman–Crippen LogP) is 3.88. The second kappa shape index (κ2) is 6.28. The molecule has 1 heterocycles. The van der Waals surface area contributed by atoms with Crippen molar-refractivity contribution >= 4 is 0 Å². The minimum Gasteiger partial charge on any atom is -0.330 e. The molecule has 1 aromatic rings. The van der Waals surface area contributed by atoms with Gasteiger partial charge in [0.1, 0.15) is 0 Å². The average molecular weight is 274 g/mol. The van der Waals surface area contributed by atoms with Crippen molar-refractivity contribution in [1.29, 1.82) is 0 Å². The molecule has 0 radical (unpaired) electrons. The lowest BCUT2D eigenvalue weighted by Crippen LogP contribution is -2.21. The molecule has 2 nitrogen and oxygen atoms in total. The fourth-order valence-electron chi connectivity index (χ4n) is 3.41. The lowest BCUT2D eigenvalue weighted by atomic mass is 9.87. The number of nitrogens with two attached hydrogens (primary N) is 1. The van der Waals surface area contributed by atoms with E-state index < -0.39 is 0 Å². The van der Waals surface area contributed by atoms with Gasteiger partial charge in [0.25, 0.3) is 0 Å². The Morgan fingerprint density at radius 3 is 2.40 bits per heavy atom. The molecule has 1 aromatic carbocycles. The lowest BCUT2D eigenvalue weighted by Gasteiger charge is -2.25. The first-order valence-electron chi connectivity index (χ1n) is 7.98. The molecule has 2 unspecified atom stereocenters. The molecule has 0 bridgehead atoms. The zero-order valence-corrected chi connectivity index (χ0v) is 13.7. The van der Waals surface area contributed by atoms with Gasteiger partial charge in [-0.25, -0.2) is 0 Å². The van der Waals surface area contributed by atoms with Crippen LogP contribution in [-0.2, 0) is 0 Å². The highest BCUT2D eigenvalue weighted by Crippen LogP contribution is 2.38. The van der Waals surface area contributed by atoms with Crippen molar-refractivity contribution in [2.75, 3.05) is 20.1 Å².